The highest BCUT2D eigenvalue weighted by Gasteiger charge is 2.44. The first-order valence-electron chi connectivity index (χ1n) is 20.4. The fourth-order valence-electron chi connectivity index (χ4n) is 9.80. The highest BCUT2D eigenvalue weighted by molar-refractivity contribution is 5.91. The van der Waals surface area contributed by atoms with Gasteiger partial charge in [-0.25, -0.2) is 0 Å². The topological polar surface area (TPSA) is 30.0 Å². The Morgan fingerprint density at radius 1 is 0.462 bits per heavy atom. The highest BCUT2D eigenvalue weighted by Crippen LogP contribution is 2.40. The maximum Gasteiger partial charge on any atom is 0.176 e. The van der Waals surface area contributed by atoms with Crippen LogP contribution in [0.25, 0.3) is 0 Å². The number of Topliss-reactive ketones (excluding diaryl/α,β-unsaturated/α-hetero) is 1. The molecule has 0 spiro atoms. The Morgan fingerprint density at radius 2 is 0.827 bits per heavy atom. The van der Waals surface area contributed by atoms with Crippen LogP contribution in [0, 0.1) is 0 Å². The van der Waals surface area contributed by atoms with E-state index >= 15 is 4.79 Å². The Morgan fingerprint density at radius 3 is 1.21 bits per heavy atom. The van der Waals surface area contributed by atoms with Crippen LogP contribution in [0.15, 0.2) is 109 Å². The van der Waals surface area contributed by atoms with Gasteiger partial charge in [0.15, 0.2) is 5.78 Å². The summed E-state index contributed by atoms with van der Waals surface area (Å²) in [7, 11) is 0. The minimum atomic E-state index is -0.261. The summed E-state index contributed by atoms with van der Waals surface area (Å²) in [6, 6.07) is 40.1. The molecule has 2 unspecified atom stereocenters. The molecule has 0 amide bonds. The molecule has 0 aromatic heterocycles. The molecule has 52 heavy (non-hydrogen) atoms. The van der Waals surface area contributed by atoms with E-state index in [1.54, 1.807) is 0 Å². The molecule has 4 fully saturated rings. The van der Waals surface area contributed by atoms with Crippen molar-refractivity contribution < 1.29 is 4.79 Å². The van der Waals surface area contributed by atoms with E-state index in [0.717, 1.165) is 63.0 Å². The number of benzene rings is 4. The third-order valence-electron chi connectivity index (χ3n) is 12.5. The molecular weight excluding hydrogens is 637 g/mol. The molecule has 5 nitrogen and oxygen atoms in total. The zero-order valence-corrected chi connectivity index (χ0v) is 31.1. The van der Waals surface area contributed by atoms with Gasteiger partial charge < -0.3 is 9.80 Å². The van der Waals surface area contributed by atoms with Gasteiger partial charge in [-0.3, -0.25) is 14.6 Å². The third-order valence-corrected chi connectivity index (χ3v) is 12.5. The van der Waals surface area contributed by atoms with Crippen LogP contribution in [-0.4, -0.2) is 89.8 Å². The Balaban J connectivity index is 1.14. The van der Waals surface area contributed by atoms with E-state index in [-0.39, 0.29) is 12.1 Å². The number of carbonyl (C=O) groups is 1. The first kappa shape index (κ1) is 35.4. The lowest BCUT2D eigenvalue weighted by Gasteiger charge is -2.40. The number of carbonyl (C=O) groups excluding carboxylic acids is 1. The normalized spacial score (nSPS) is 23.0. The van der Waals surface area contributed by atoms with Crippen molar-refractivity contribution in [2.75, 3.05) is 52.4 Å². The van der Waals surface area contributed by atoms with Crippen LogP contribution in [0.3, 0.4) is 0 Å². The molecule has 4 aromatic rings. The predicted octanol–water partition coefficient (Wildman–Crippen LogP) is 8.34. The van der Waals surface area contributed by atoms with Crippen LogP contribution in [0.4, 0.5) is 0 Å². The maximum atomic E-state index is 15.8. The zero-order chi connectivity index (χ0) is 35.1. The SMILES string of the molecule is O=C([C@H](c1ccc(Cc2ccccc2)cc1)N1CCCC1CN1CCCC1)[C@H](c1ccc(Cc2ccccc2)cc1)N1CCCC1CN1CCCC1. The number of nitrogens with zero attached hydrogens (tertiary/aromatic N) is 4. The summed E-state index contributed by atoms with van der Waals surface area (Å²) in [4.78, 5) is 26.4. The Bertz CT molecular complexity index is 1570. The molecule has 0 saturated carbocycles. The van der Waals surface area contributed by atoms with Crippen molar-refractivity contribution >= 4 is 5.78 Å². The van der Waals surface area contributed by atoms with E-state index in [2.05, 4.69) is 129 Å². The van der Waals surface area contributed by atoms with Crippen LogP contribution in [0.1, 0.15) is 96.8 Å². The van der Waals surface area contributed by atoms with Crippen LogP contribution in [-0.2, 0) is 17.6 Å². The molecule has 4 aromatic carbocycles. The molecule has 0 aliphatic carbocycles. The molecule has 272 valence electrons. The Kier molecular flexibility index (Phi) is 11.6. The smallest absolute Gasteiger partial charge is 0.176 e. The molecule has 0 radical (unpaired) electrons. The summed E-state index contributed by atoms with van der Waals surface area (Å²) in [5.41, 5.74) is 7.56. The van der Waals surface area contributed by atoms with Gasteiger partial charge in [-0.05, 0) is 137 Å². The van der Waals surface area contributed by atoms with Crippen LogP contribution in [0.5, 0.6) is 0 Å². The fraction of sp³-hybridized carbons (Fsp3) is 0.468. The third kappa shape index (κ3) is 8.44. The molecule has 8 rings (SSSR count). The molecule has 0 bridgehead atoms. The van der Waals surface area contributed by atoms with Gasteiger partial charge in [0.05, 0.1) is 12.1 Å². The standard InChI is InChI=1S/C47H58N4O/c52-47(45(50-31-11-17-43(50)35-48-27-7-8-28-48)41-23-19-39(20-24-41)33-37-13-3-1-4-14-37)46(51-32-12-18-44(51)36-49-29-9-10-30-49)42-25-21-40(22-26-42)34-38-15-5-2-6-16-38/h1-6,13-16,19-26,43-46H,7-12,17-18,27-36H2/t43?,44?,45-,46-/m0/s1. The molecule has 4 saturated heterocycles. The average Bonchev–Trinajstić information content (AvgIpc) is 4.03. The van der Waals surface area contributed by atoms with E-state index in [1.165, 1.54) is 87.0 Å². The molecular formula is C47H58N4O. The molecule has 0 N–H and O–H groups in total. The van der Waals surface area contributed by atoms with Gasteiger partial charge in [-0.15, -0.1) is 0 Å². The lowest BCUT2D eigenvalue weighted by atomic mass is 9.88. The summed E-state index contributed by atoms with van der Waals surface area (Å²) in [6.07, 6.45) is 11.7. The number of hydrogen-bond acceptors (Lipinski definition) is 5. The van der Waals surface area contributed by atoms with Gasteiger partial charge in [0.2, 0.25) is 0 Å². The Hall–Kier alpha value is -3.61. The second-order valence-electron chi connectivity index (χ2n) is 16.1. The van der Waals surface area contributed by atoms with Gasteiger partial charge in [-0.1, -0.05) is 109 Å². The van der Waals surface area contributed by atoms with Crippen LogP contribution >= 0.6 is 0 Å². The fourth-order valence-corrected chi connectivity index (χ4v) is 9.80. The molecule has 5 heteroatoms. The molecule has 4 heterocycles. The Labute approximate surface area is 312 Å². The predicted molar refractivity (Wildman–Crippen MR) is 213 cm³/mol. The van der Waals surface area contributed by atoms with Crippen LogP contribution in [0.2, 0.25) is 0 Å². The van der Waals surface area contributed by atoms with Crippen molar-refractivity contribution in [3.05, 3.63) is 143 Å². The van der Waals surface area contributed by atoms with Gasteiger partial charge in [-0.2, -0.15) is 0 Å². The number of hydrogen-bond donors (Lipinski definition) is 0. The van der Waals surface area contributed by atoms with Crippen molar-refractivity contribution in [1.29, 1.82) is 0 Å². The van der Waals surface area contributed by atoms with Crippen molar-refractivity contribution in [1.82, 2.24) is 19.6 Å². The number of likely N-dealkylation sites (tertiary alicyclic amines) is 4. The lowest BCUT2D eigenvalue weighted by molar-refractivity contribution is -0.131. The summed E-state index contributed by atoms with van der Waals surface area (Å²) >= 11 is 0. The van der Waals surface area contributed by atoms with E-state index in [0.29, 0.717) is 17.9 Å². The van der Waals surface area contributed by atoms with E-state index in [9.17, 15) is 0 Å². The van der Waals surface area contributed by atoms with Crippen molar-refractivity contribution in [3.8, 4) is 0 Å². The summed E-state index contributed by atoms with van der Waals surface area (Å²) < 4.78 is 0. The lowest BCUT2D eigenvalue weighted by Crippen LogP contribution is -2.49. The van der Waals surface area contributed by atoms with E-state index in [4.69, 9.17) is 0 Å². The summed E-state index contributed by atoms with van der Waals surface area (Å²) in [6.45, 7) is 8.91. The van der Waals surface area contributed by atoms with Crippen LogP contribution < -0.4 is 0 Å². The largest absolute Gasteiger partial charge is 0.302 e. The van der Waals surface area contributed by atoms with Crippen molar-refractivity contribution in [2.24, 2.45) is 0 Å². The minimum absolute atomic E-state index is 0.261. The van der Waals surface area contributed by atoms with Gasteiger partial charge in [0, 0.05) is 25.2 Å². The van der Waals surface area contributed by atoms with Crippen molar-refractivity contribution in [3.63, 3.8) is 0 Å². The van der Waals surface area contributed by atoms with E-state index < -0.39 is 0 Å². The van der Waals surface area contributed by atoms with Gasteiger partial charge in [0.1, 0.15) is 0 Å². The molecule has 4 atom stereocenters. The second kappa shape index (κ2) is 17.0. The van der Waals surface area contributed by atoms with E-state index in [1.807, 2.05) is 0 Å². The van der Waals surface area contributed by atoms with Gasteiger partial charge in [0.25, 0.3) is 0 Å². The van der Waals surface area contributed by atoms with Gasteiger partial charge >= 0.3 is 0 Å². The first-order chi connectivity index (χ1) is 25.7. The molecule has 4 aliphatic heterocycles. The highest BCUT2D eigenvalue weighted by atomic mass is 16.1. The first-order valence-corrected chi connectivity index (χ1v) is 20.4. The zero-order valence-electron chi connectivity index (χ0n) is 31.1. The number of rotatable bonds is 14. The average molecular weight is 695 g/mol. The monoisotopic (exact) mass is 694 g/mol. The molecule has 4 aliphatic rings. The minimum Gasteiger partial charge on any atom is -0.302 e. The summed E-state index contributed by atoms with van der Waals surface area (Å²) in [5, 5.41) is 0. The number of ketones is 1. The quantitative estimate of drug-likeness (QED) is 0.133. The van der Waals surface area contributed by atoms with Crippen molar-refractivity contribution in [2.45, 2.75) is 88.4 Å². The summed E-state index contributed by atoms with van der Waals surface area (Å²) in [5.74, 6) is 0.369. The maximum absolute atomic E-state index is 15.8. The second-order valence-corrected chi connectivity index (χ2v) is 16.1.